The summed E-state index contributed by atoms with van der Waals surface area (Å²) in [5.41, 5.74) is 8.46. The Kier molecular flexibility index (Phi) is 3.68. The second-order valence-corrected chi connectivity index (χ2v) is 6.13. The highest BCUT2D eigenvalue weighted by Gasteiger charge is 2.24. The summed E-state index contributed by atoms with van der Waals surface area (Å²) < 4.78 is 6.11. The van der Waals surface area contributed by atoms with Crippen molar-refractivity contribution in [2.24, 2.45) is 0 Å². The van der Waals surface area contributed by atoms with Crippen molar-refractivity contribution in [2.75, 3.05) is 23.7 Å². The number of nitrogens with zero attached hydrogens (tertiary/aromatic N) is 4. The number of rotatable bonds is 3. The molecule has 0 saturated carbocycles. The molecule has 0 unspecified atom stereocenters. The molecule has 3 N–H and O–H groups in total. The standard InChI is InChI=1S/C17H20N6O/c1-11-3-2-4-13(9-11)24-12-5-7-23(8-6-12)16-14-15(20-10-19-14)21-17(18)22-16/h2-4,9-10,12H,5-8H2,1H3,(H3,18,19,20,21,22). The number of aryl methyl sites for hydroxylation is 1. The lowest BCUT2D eigenvalue weighted by molar-refractivity contribution is 0.170. The highest BCUT2D eigenvalue weighted by molar-refractivity contribution is 5.84. The molecule has 0 aliphatic carbocycles. The summed E-state index contributed by atoms with van der Waals surface area (Å²) in [7, 11) is 0. The molecule has 0 spiro atoms. The van der Waals surface area contributed by atoms with E-state index in [2.05, 4.69) is 43.9 Å². The molecule has 0 amide bonds. The molecule has 0 radical (unpaired) electrons. The maximum atomic E-state index is 6.11. The summed E-state index contributed by atoms with van der Waals surface area (Å²) in [5, 5.41) is 0. The van der Waals surface area contributed by atoms with E-state index >= 15 is 0 Å². The fourth-order valence-corrected chi connectivity index (χ4v) is 3.13. The highest BCUT2D eigenvalue weighted by Crippen LogP contribution is 2.26. The zero-order chi connectivity index (χ0) is 16.5. The minimum Gasteiger partial charge on any atom is -0.490 e. The van der Waals surface area contributed by atoms with Crippen molar-refractivity contribution >= 4 is 22.9 Å². The van der Waals surface area contributed by atoms with Crippen LogP contribution in [0, 0.1) is 6.92 Å². The molecule has 1 aliphatic rings. The van der Waals surface area contributed by atoms with Crippen LogP contribution < -0.4 is 15.4 Å². The Labute approximate surface area is 139 Å². The number of anilines is 2. The van der Waals surface area contributed by atoms with E-state index in [1.165, 1.54) is 5.56 Å². The molecular formula is C17H20N6O. The molecule has 0 bridgehead atoms. The Morgan fingerprint density at radius 2 is 2.08 bits per heavy atom. The third kappa shape index (κ3) is 2.84. The number of piperidine rings is 1. The second-order valence-electron chi connectivity index (χ2n) is 6.13. The lowest BCUT2D eigenvalue weighted by Gasteiger charge is -2.33. The third-order valence-electron chi connectivity index (χ3n) is 4.32. The maximum absolute atomic E-state index is 6.11. The Bertz CT molecular complexity index is 853. The van der Waals surface area contributed by atoms with Gasteiger partial charge in [0.25, 0.3) is 0 Å². The van der Waals surface area contributed by atoms with Gasteiger partial charge in [0, 0.05) is 25.9 Å². The van der Waals surface area contributed by atoms with Gasteiger partial charge in [0.05, 0.1) is 6.33 Å². The van der Waals surface area contributed by atoms with E-state index in [-0.39, 0.29) is 12.1 Å². The predicted molar refractivity (Wildman–Crippen MR) is 93.1 cm³/mol. The number of aromatic amines is 1. The van der Waals surface area contributed by atoms with Crippen LogP contribution in [-0.2, 0) is 0 Å². The van der Waals surface area contributed by atoms with Crippen LogP contribution in [0.5, 0.6) is 5.75 Å². The molecule has 3 aromatic rings. The molecule has 2 aromatic heterocycles. The molecule has 24 heavy (non-hydrogen) atoms. The van der Waals surface area contributed by atoms with Gasteiger partial charge in [-0.1, -0.05) is 12.1 Å². The van der Waals surface area contributed by atoms with Crippen LogP contribution in [0.1, 0.15) is 18.4 Å². The SMILES string of the molecule is Cc1cccc(OC2CCN(c3nc(N)nc4nc[nH]c34)CC2)c1. The van der Waals surface area contributed by atoms with E-state index in [1.807, 2.05) is 12.1 Å². The molecule has 1 saturated heterocycles. The molecule has 1 aliphatic heterocycles. The normalized spacial score (nSPS) is 15.8. The number of fused-ring (bicyclic) bond motifs is 1. The summed E-state index contributed by atoms with van der Waals surface area (Å²) >= 11 is 0. The monoisotopic (exact) mass is 324 g/mol. The van der Waals surface area contributed by atoms with Crippen molar-refractivity contribution in [1.29, 1.82) is 0 Å². The lowest BCUT2D eigenvalue weighted by Crippen LogP contribution is -2.39. The predicted octanol–water partition coefficient (Wildman–Crippen LogP) is 2.29. The van der Waals surface area contributed by atoms with E-state index in [0.717, 1.165) is 43.0 Å². The van der Waals surface area contributed by atoms with Gasteiger partial charge in [-0.25, -0.2) is 4.98 Å². The van der Waals surface area contributed by atoms with Crippen LogP contribution in [0.4, 0.5) is 11.8 Å². The van der Waals surface area contributed by atoms with Crippen LogP contribution in [0.3, 0.4) is 0 Å². The smallest absolute Gasteiger partial charge is 0.224 e. The number of nitrogen functional groups attached to an aromatic ring is 1. The van der Waals surface area contributed by atoms with Crippen molar-refractivity contribution in [3.8, 4) is 5.75 Å². The van der Waals surface area contributed by atoms with Crippen LogP contribution in [-0.4, -0.2) is 39.1 Å². The minimum absolute atomic E-state index is 0.222. The number of benzene rings is 1. The summed E-state index contributed by atoms with van der Waals surface area (Å²) in [6.07, 6.45) is 3.72. The van der Waals surface area contributed by atoms with Crippen LogP contribution in [0.2, 0.25) is 0 Å². The maximum Gasteiger partial charge on any atom is 0.224 e. The number of H-pyrrole nitrogens is 1. The Hall–Kier alpha value is -2.83. The molecule has 7 heteroatoms. The van der Waals surface area contributed by atoms with Crippen molar-refractivity contribution in [2.45, 2.75) is 25.9 Å². The summed E-state index contributed by atoms with van der Waals surface area (Å²) in [6, 6.07) is 8.19. The molecule has 7 nitrogen and oxygen atoms in total. The van der Waals surface area contributed by atoms with E-state index in [1.54, 1.807) is 6.33 Å². The van der Waals surface area contributed by atoms with E-state index < -0.39 is 0 Å². The summed E-state index contributed by atoms with van der Waals surface area (Å²) in [4.78, 5) is 18.0. The van der Waals surface area contributed by atoms with Gasteiger partial charge in [-0.15, -0.1) is 0 Å². The first kappa shape index (κ1) is 14.7. The number of hydrogen-bond donors (Lipinski definition) is 2. The topological polar surface area (TPSA) is 92.9 Å². The van der Waals surface area contributed by atoms with Gasteiger partial charge in [0.15, 0.2) is 11.5 Å². The number of hydrogen-bond acceptors (Lipinski definition) is 6. The van der Waals surface area contributed by atoms with Crippen LogP contribution in [0.15, 0.2) is 30.6 Å². The quantitative estimate of drug-likeness (QED) is 0.768. The first-order valence-electron chi connectivity index (χ1n) is 8.14. The van der Waals surface area contributed by atoms with Crippen molar-refractivity contribution in [1.82, 2.24) is 19.9 Å². The van der Waals surface area contributed by atoms with Gasteiger partial charge in [0.1, 0.15) is 17.4 Å². The fourth-order valence-electron chi connectivity index (χ4n) is 3.13. The Morgan fingerprint density at radius 1 is 1.25 bits per heavy atom. The lowest BCUT2D eigenvalue weighted by atomic mass is 10.1. The van der Waals surface area contributed by atoms with Gasteiger partial charge in [0.2, 0.25) is 5.95 Å². The van der Waals surface area contributed by atoms with Crippen molar-refractivity contribution < 1.29 is 4.74 Å². The number of nitrogens with two attached hydrogens (primary N) is 1. The molecule has 124 valence electrons. The first-order chi connectivity index (χ1) is 11.7. The average Bonchev–Trinajstić information content (AvgIpc) is 3.03. The Morgan fingerprint density at radius 3 is 2.88 bits per heavy atom. The fraction of sp³-hybridized carbons (Fsp3) is 0.353. The summed E-state index contributed by atoms with van der Waals surface area (Å²) in [6.45, 7) is 3.80. The first-order valence-corrected chi connectivity index (χ1v) is 8.14. The van der Waals surface area contributed by atoms with E-state index in [0.29, 0.717) is 5.65 Å². The molecule has 0 atom stereocenters. The number of imidazole rings is 1. The zero-order valence-electron chi connectivity index (χ0n) is 13.6. The third-order valence-corrected chi connectivity index (χ3v) is 4.32. The molecule has 1 fully saturated rings. The average molecular weight is 324 g/mol. The molecule has 1 aromatic carbocycles. The van der Waals surface area contributed by atoms with E-state index in [9.17, 15) is 0 Å². The minimum atomic E-state index is 0.222. The molecule has 4 rings (SSSR count). The van der Waals surface area contributed by atoms with Gasteiger partial charge in [-0.2, -0.15) is 9.97 Å². The van der Waals surface area contributed by atoms with Gasteiger partial charge >= 0.3 is 0 Å². The number of nitrogens with one attached hydrogen (secondary N) is 1. The highest BCUT2D eigenvalue weighted by atomic mass is 16.5. The van der Waals surface area contributed by atoms with Crippen LogP contribution >= 0.6 is 0 Å². The van der Waals surface area contributed by atoms with Crippen molar-refractivity contribution in [3.05, 3.63) is 36.2 Å². The van der Waals surface area contributed by atoms with Gasteiger partial charge in [-0.05, 0) is 24.6 Å². The van der Waals surface area contributed by atoms with Crippen molar-refractivity contribution in [3.63, 3.8) is 0 Å². The molecular weight excluding hydrogens is 304 g/mol. The summed E-state index contributed by atoms with van der Waals surface area (Å²) in [5.74, 6) is 2.02. The van der Waals surface area contributed by atoms with Gasteiger partial charge in [-0.3, -0.25) is 0 Å². The van der Waals surface area contributed by atoms with Gasteiger partial charge < -0.3 is 20.4 Å². The molecule has 3 heterocycles. The van der Waals surface area contributed by atoms with E-state index in [4.69, 9.17) is 10.5 Å². The number of ether oxygens (including phenoxy) is 1. The second kappa shape index (κ2) is 5.99. The number of aromatic nitrogens is 4. The van der Waals surface area contributed by atoms with Crippen LogP contribution in [0.25, 0.3) is 11.2 Å². The largest absolute Gasteiger partial charge is 0.490 e. The zero-order valence-corrected chi connectivity index (χ0v) is 13.6. The Balaban J connectivity index is 1.46.